The highest BCUT2D eigenvalue weighted by atomic mass is 32.2. The Morgan fingerprint density at radius 1 is 1.27 bits per heavy atom. The molecule has 0 aliphatic carbocycles. The van der Waals surface area contributed by atoms with E-state index in [1.54, 1.807) is 6.92 Å². The Morgan fingerprint density at radius 3 is 2.55 bits per heavy atom. The Labute approximate surface area is 126 Å². The molecule has 10 heteroatoms. The van der Waals surface area contributed by atoms with E-state index in [1.807, 2.05) is 0 Å². The quantitative estimate of drug-likeness (QED) is 0.294. The lowest BCUT2D eigenvalue weighted by molar-refractivity contribution is -0.398. The lowest BCUT2D eigenvalue weighted by atomic mass is 9.77. The predicted octanol–water partition coefficient (Wildman–Crippen LogP) is -0.353. The molecule has 3 rings (SSSR count). The summed E-state index contributed by atoms with van der Waals surface area (Å²) < 4.78 is 40.2. The first-order valence-corrected chi connectivity index (χ1v) is 8.22. The number of esters is 1. The fraction of sp³-hybridized carbons (Fsp3) is 0.833. The zero-order valence-corrected chi connectivity index (χ0v) is 13.0. The number of carbonyl (C=O) groups is 2. The van der Waals surface area contributed by atoms with Crippen LogP contribution in [0.3, 0.4) is 0 Å². The van der Waals surface area contributed by atoms with E-state index >= 15 is 0 Å². The number of fused-ring (bicyclic) bond motifs is 1. The Morgan fingerprint density at radius 2 is 1.95 bits per heavy atom. The van der Waals surface area contributed by atoms with Crippen molar-refractivity contribution in [2.45, 2.75) is 49.9 Å². The van der Waals surface area contributed by atoms with Crippen LogP contribution in [0.5, 0.6) is 0 Å². The van der Waals surface area contributed by atoms with Gasteiger partial charge >= 0.3 is 11.9 Å². The van der Waals surface area contributed by atoms with E-state index < -0.39 is 50.7 Å². The second-order valence-corrected chi connectivity index (χ2v) is 7.56. The topological polar surface area (TPSA) is 114 Å². The van der Waals surface area contributed by atoms with Gasteiger partial charge in [0.1, 0.15) is 23.6 Å². The third-order valence-corrected chi connectivity index (χ3v) is 6.09. The summed E-state index contributed by atoms with van der Waals surface area (Å²) in [5, 5.41) is -1.14. The first kappa shape index (κ1) is 15.7. The van der Waals surface area contributed by atoms with Gasteiger partial charge in [-0.2, -0.15) is 8.42 Å². The van der Waals surface area contributed by atoms with E-state index in [4.69, 9.17) is 18.5 Å². The van der Waals surface area contributed by atoms with Crippen molar-refractivity contribution in [2.75, 3.05) is 6.61 Å². The van der Waals surface area contributed by atoms with Gasteiger partial charge in [0.2, 0.25) is 0 Å². The van der Waals surface area contributed by atoms with E-state index in [0.29, 0.717) is 0 Å². The molecule has 3 saturated heterocycles. The maximum Gasteiger partial charge on any atom is 0.339 e. The van der Waals surface area contributed by atoms with Crippen LogP contribution in [0.4, 0.5) is 0 Å². The van der Waals surface area contributed by atoms with Gasteiger partial charge in [-0.3, -0.25) is 13.9 Å². The number of carbonyl (C=O) groups excluding carboxylic acids is 2. The van der Waals surface area contributed by atoms with Gasteiger partial charge in [0.05, 0.1) is 0 Å². The molecule has 0 radical (unpaired) electrons. The van der Waals surface area contributed by atoms with Gasteiger partial charge in [-0.1, -0.05) is 6.92 Å². The van der Waals surface area contributed by atoms with Crippen molar-refractivity contribution in [1.29, 1.82) is 0 Å². The van der Waals surface area contributed by atoms with Crippen molar-refractivity contribution in [3.8, 4) is 0 Å². The van der Waals surface area contributed by atoms with Crippen molar-refractivity contribution in [1.82, 2.24) is 0 Å². The standard InChI is InChI=1S/C12H16O9S/c1-6-10-12(21-18-8(3)14)9(22(15,16)19-10)4-11(6,20-12)5-17-7(2)13/h6,9-10H,4-5H2,1-3H3. The molecule has 5 atom stereocenters. The number of hydrogen-bond donors (Lipinski definition) is 0. The van der Waals surface area contributed by atoms with Crippen LogP contribution in [0.2, 0.25) is 0 Å². The third-order valence-electron chi connectivity index (χ3n) is 4.42. The third kappa shape index (κ3) is 1.98. The fourth-order valence-corrected chi connectivity index (χ4v) is 5.21. The summed E-state index contributed by atoms with van der Waals surface area (Å²) in [5.74, 6) is -3.40. The average Bonchev–Trinajstić information content (AvgIpc) is 2.91. The van der Waals surface area contributed by atoms with Gasteiger partial charge in [0.25, 0.3) is 15.9 Å². The monoisotopic (exact) mass is 336 g/mol. The molecule has 0 aromatic carbocycles. The molecule has 124 valence electrons. The predicted molar refractivity (Wildman–Crippen MR) is 67.4 cm³/mol. The summed E-state index contributed by atoms with van der Waals surface area (Å²) in [6.07, 6.45) is -0.937. The van der Waals surface area contributed by atoms with Crippen molar-refractivity contribution < 1.29 is 41.4 Å². The zero-order chi connectivity index (χ0) is 16.3. The Bertz CT molecular complexity index is 629. The molecule has 0 N–H and O–H groups in total. The lowest BCUT2D eigenvalue weighted by Crippen LogP contribution is -2.50. The van der Waals surface area contributed by atoms with Gasteiger partial charge in [-0.05, 0) is 0 Å². The molecule has 0 aromatic heterocycles. The van der Waals surface area contributed by atoms with Crippen LogP contribution in [0.1, 0.15) is 27.2 Å². The number of rotatable bonds is 4. The van der Waals surface area contributed by atoms with Crippen LogP contribution in [-0.2, 0) is 43.1 Å². The highest BCUT2D eigenvalue weighted by molar-refractivity contribution is 7.87. The molecule has 3 aliphatic heterocycles. The molecule has 2 bridgehead atoms. The Hall–Kier alpha value is -1.23. The minimum Gasteiger partial charge on any atom is -0.463 e. The maximum absolute atomic E-state index is 12.1. The molecule has 9 nitrogen and oxygen atoms in total. The van der Waals surface area contributed by atoms with Crippen LogP contribution >= 0.6 is 0 Å². The SMILES string of the molecule is CC(=O)OCC12CC3C(OOC(C)=O)(O1)C(OS3(=O)=O)C2C. The summed E-state index contributed by atoms with van der Waals surface area (Å²) in [5.41, 5.74) is -1.05. The second kappa shape index (κ2) is 4.63. The molecule has 3 fully saturated rings. The Balaban J connectivity index is 1.94. The van der Waals surface area contributed by atoms with E-state index in [1.165, 1.54) is 6.92 Å². The Kier molecular flexibility index (Phi) is 3.30. The zero-order valence-electron chi connectivity index (χ0n) is 12.2. The van der Waals surface area contributed by atoms with Gasteiger partial charge in [0.15, 0.2) is 0 Å². The van der Waals surface area contributed by atoms with Crippen molar-refractivity contribution in [3.63, 3.8) is 0 Å². The molecule has 5 unspecified atom stereocenters. The van der Waals surface area contributed by atoms with E-state index in [-0.39, 0.29) is 13.0 Å². The smallest absolute Gasteiger partial charge is 0.339 e. The number of hydrogen-bond acceptors (Lipinski definition) is 9. The lowest BCUT2D eigenvalue weighted by Gasteiger charge is -2.30. The molecular weight excluding hydrogens is 320 g/mol. The second-order valence-electron chi connectivity index (χ2n) is 5.82. The van der Waals surface area contributed by atoms with Gasteiger partial charge in [-0.25, -0.2) is 4.79 Å². The summed E-state index contributed by atoms with van der Waals surface area (Å²) >= 11 is 0. The van der Waals surface area contributed by atoms with Crippen molar-refractivity contribution in [3.05, 3.63) is 0 Å². The molecule has 0 aromatic rings. The average molecular weight is 336 g/mol. The van der Waals surface area contributed by atoms with E-state index in [0.717, 1.165) is 6.92 Å². The van der Waals surface area contributed by atoms with Gasteiger partial charge in [-0.15, -0.1) is 4.89 Å². The molecule has 0 spiro atoms. The van der Waals surface area contributed by atoms with Crippen LogP contribution in [-0.4, -0.2) is 49.7 Å². The summed E-state index contributed by atoms with van der Waals surface area (Å²) in [4.78, 5) is 31.6. The highest BCUT2D eigenvalue weighted by Crippen LogP contribution is 2.62. The van der Waals surface area contributed by atoms with Gasteiger partial charge < -0.3 is 9.47 Å². The van der Waals surface area contributed by atoms with Crippen LogP contribution in [0.15, 0.2) is 0 Å². The van der Waals surface area contributed by atoms with Crippen LogP contribution in [0, 0.1) is 5.92 Å². The van der Waals surface area contributed by atoms with E-state index in [9.17, 15) is 18.0 Å². The normalized spacial score (nSPS) is 44.0. The summed E-state index contributed by atoms with van der Waals surface area (Å²) in [6, 6.07) is 0. The summed E-state index contributed by atoms with van der Waals surface area (Å²) in [6.45, 7) is 3.95. The van der Waals surface area contributed by atoms with Crippen LogP contribution < -0.4 is 0 Å². The fourth-order valence-electron chi connectivity index (χ4n) is 3.38. The molecule has 3 aliphatic rings. The molecule has 22 heavy (non-hydrogen) atoms. The van der Waals surface area contributed by atoms with Crippen molar-refractivity contribution in [2.24, 2.45) is 5.92 Å². The maximum atomic E-state index is 12.1. The molecule has 3 heterocycles. The molecule has 0 saturated carbocycles. The van der Waals surface area contributed by atoms with Crippen molar-refractivity contribution >= 4 is 22.1 Å². The van der Waals surface area contributed by atoms with Crippen LogP contribution in [0.25, 0.3) is 0 Å². The molecular formula is C12H16O9S. The largest absolute Gasteiger partial charge is 0.463 e. The van der Waals surface area contributed by atoms with Gasteiger partial charge in [0, 0.05) is 26.2 Å². The minimum absolute atomic E-state index is 0.0293. The highest BCUT2D eigenvalue weighted by Gasteiger charge is 2.82. The molecule has 0 amide bonds. The van der Waals surface area contributed by atoms with E-state index in [2.05, 4.69) is 4.89 Å². The number of ether oxygens (including phenoxy) is 2. The summed E-state index contributed by atoms with van der Waals surface area (Å²) in [7, 11) is -3.93. The first-order chi connectivity index (χ1) is 10.1. The first-order valence-electron chi connectivity index (χ1n) is 6.75. The minimum atomic E-state index is -3.93.